The van der Waals surface area contributed by atoms with Crippen LogP contribution in [0.25, 0.3) is 0 Å². The highest BCUT2D eigenvalue weighted by Gasteiger charge is 2.23. The molecule has 0 aliphatic carbocycles. The zero-order chi connectivity index (χ0) is 18.4. The summed E-state index contributed by atoms with van der Waals surface area (Å²) in [6, 6.07) is 10.4. The number of amides is 3. The maximum Gasteiger partial charge on any atom is 0.339 e. The van der Waals surface area contributed by atoms with Crippen LogP contribution >= 0.6 is 0 Å². The predicted octanol–water partition coefficient (Wildman–Crippen LogP) is 1.38. The molecule has 2 aromatic rings. The minimum Gasteiger partial charge on any atom is -0.444 e. The number of nitrogens with two attached hydrogens (primary N) is 2. The smallest absolute Gasteiger partial charge is 0.339 e. The number of urea groups is 1. The fraction of sp³-hybridized carbons (Fsp3) is 0.118. The first-order chi connectivity index (χ1) is 11.9. The van der Waals surface area contributed by atoms with E-state index in [1.807, 2.05) is 0 Å². The molecule has 0 unspecified atom stereocenters. The van der Waals surface area contributed by atoms with Gasteiger partial charge in [0.25, 0.3) is 5.91 Å². The Hall–Kier alpha value is -3.42. The van der Waals surface area contributed by atoms with Crippen LogP contribution in [0.3, 0.4) is 0 Å². The topological polar surface area (TPSA) is 125 Å². The van der Waals surface area contributed by atoms with Crippen LogP contribution in [0.2, 0.25) is 0 Å². The summed E-state index contributed by atoms with van der Waals surface area (Å²) < 4.78 is 18.1. The second kappa shape index (κ2) is 7.91. The minimum absolute atomic E-state index is 0.191. The van der Waals surface area contributed by atoms with Gasteiger partial charge >= 0.3 is 12.0 Å². The summed E-state index contributed by atoms with van der Waals surface area (Å²) in [5.74, 6) is -2.12. The molecule has 2 aromatic carbocycles. The standard InChI is InChI=1S/C17H16FN3O4/c18-13-7-5-11(6-8-13)14(15(19)22)25-16(23)12-3-1-10(2-4-12)9-21-17(20)24/h1-8,14H,9H2,(H2,19,22)(H3,20,21,24)/t14-/m1/s1. The van der Waals surface area contributed by atoms with E-state index >= 15 is 0 Å². The summed E-state index contributed by atoms with van der Waals surface area (Å²) in [6.07, 6.45) is -1.33. The largest absolute Gasteiger partial charge is 0.444 e. The Kier molecular flexibility index (Phi) is 5.67. The number of nitrogens with one attached hydrogen (secondary N) is 1. The van der Waals surface area contributed by atoms with Crippen molar-refractivity contribution in [1.82, 2.24) is 5.32 Å². The monoisotopic (exact) mass is 345 g/mol. The molecule has 0 bridgehead atoms. The molecule has 0 aromatic heterocycles. The van der Waals surface area contributed by atoms with Crippen LogP contribution in [-0.2, 0) is 16.1 Å². The number of rotatable bonds is 6. The molecule has 0 spiro atoms. The van der Waals surface area contributed by atoms with E-state index in [2.05, 4.69) is 5.32 Å². The number of hydrogen-bond donors (Lipinski definition) is 3. The molecule has 7 nitrogen and oxygen atoms in total. The number of ether oxygens (including phenoxy) is 1. The molecular weight excluding hydrogens is 329 g/mol. The van der Waals surface area contributed by atoms with Gasteiger partial charge in [-0.3, -0.25) is 4.79 Å². The number of carbonyl (C=O) groups is 3. The Morgan fingerprint density at radius 1 is 1.00 bits per heavy atom. The van der Waals surface area contributed by atoms with Crippen molar-refractivity contribution in [3.8, 4) is 0 Å². The van der Waals surface area contributed by atoms with E-state index in [4.69, 9.17) is 16.2 Å². The van der Waals surface area contributed by atoms with E-state index in [0.717, 1.165) is 17.7 Å². The van der Waals surface area contributed by atoms with Gasteiger partial charge in [-0.05, 0) is 29.8 Å². The van der Waals surface area contributed by atoms with E-state index in [1.54, 1.807) is 12.1 Å². The molecule has 0 radical (unpaired) electrons. The molecule has 130 valence electrons. The van der Waals surface area contributed by atoms with E-state index in [-0.39, 0.29) is 17.7 Å². The number of benzene rings is 2. The zero-order valence-electron chi connectivity index (χ0n) is 13.1. The molecule has 0 fully saturated rings. The highest BCUT2D eigenvalue weighted by Crippen LogP contribution is 2.20. The maximum absolute atomic E-state index is 13.0. The van der Waals surface area contributed by atoms with E-state index < -0.39 is 29.8 Å². The second-order valence-electron chi connectivity index (χ2n) is 5.15. The Balaban J connectivity index is 2.09. The van der Waals surface area contributed by atoms with Gasteiger partial charge in [0, 0.05) is 12.1 Å². The van der Waals surface area contributed by atoms with Crippen molar-refractivity contribution >= 4 is 17.9 Å². The molecule has 0 aliphatic heterocycles. The molecule has 0 aliphatic rings. The van der Waals surface area contributed by atoms with Crippen LogP contribution in [0.1, 0.15) is 27.6 Å². The van der Waals surface area contributed by atoms with Crippen LogP contribution < -0.4 is 16.8 Å². The third kappa shape index (κ3) is 5.03. The molecule has 8 heteroatoms. The van der Waals surface area contributed by atoms with Gasteiger partial charge in [0.1, 0.15) is 5.82 Å². The number of halogens is 1. The first-order valence-corrected chi connectivity index (χ1v) is 7.25. The lowest BCUT2D eigenvalue weighted by Crippen LogP contribution is -2.28. The summed E-state index contributed by atoms with van der Waals surface area (Å²) in [5, 5.41) is 2.41. The van der Waals surface area contributed by atoms with Crippen molar-refractivity contribution in [2.75, 3.05) is 0 Å². The highest BCUT2D eigenvalue weighted by molar-refractivity contribution is 5.92. The average molecular weight is 345 g/mol. The second-order valence-corrected chi connectivity index (χ2v) is 5.15. The SMILES string of the molecule is NC(=O)NCc1ccc(C(=O)O[C@@H](C(N)=O)c2ccc(F)cc2)cc1. The molecule has 0 saturated heterocycles. The van der Waals surface area contributed by atoms with Crippen LogP contribution in [-0.4, -0.2) is 17.9 Å². The van der Waals surface area contributed by atoms with Crippen LogP contribution in [0.15, 0.2) is 48.5 Å². The van der Waals surface area contributed by atoms with Gasteiger partial charge in [-0.2, -0.15) is 0 Å². The Morgan fingerprint density at radius 3 is 2.12 bits per heavy atom. The maximum atomic E-state index is 13.0. The lowest BCUT2D eigenvalue weighted by atomic mass is 10.1. The average Bonchev–Trinajstić information content (AvgIpc) is 2.59. The number of hydrogen-bond acceptors (Lipinski definition) is 4. The van der Waals surface area contributed by atoms with Gasteiger partial charge in [0.05, 0.1) is 5.56 Å². The van der Waals surface area contributed by atoms with Gasteiger partial charge in [-0.25, -0.2) is 14.0 Å². The van der Waals surface area contributed by atoms with Gasteiger partial charge < -0.3 is 21.5 Å². The molecule has 0 saturated carbocycles. The first-order valence-electron chi connectivity index (χ1n) is 7.25. The van der Waals surface area contributed by atoms with Gasteiger partial charge in [-0.1, -0.05) is 24.3 Å². The van der Waals surface area contributed by atoms with Gasteiger partial charge in [0.15, 0.2) is 0 Å². The summed E-state index contributed by atoms with van der Waals surface area (Å²) in [7, 11) is 0. The fourth-order valence-corrected chi connectivity index (χ4v) is 2.05. The molecule has 2 rings (SSSR count). The Morgan fingerprint density at radius 2 is 1.60 bits per heavy atom. The molecule has 5 N–H and O–H groups in total. The first kappa shape index (κ1) is 17.9. The summed E-state index contributed by atoms with van der Waals surface area (Å²) in [5.41, 5.74) is 11.4. The quantitative estimate of drug-likeness (QED) is 0.684. The summed E-state index contributed by atoms with van der Waals surface area (Å²) >= 11 is 0. The van der Waals surface area contributed by atoms with Crippen molar-refractivity contribution < 1.29 is 23.5 Å². The van der Waals surface area contributed by atoms with Crippen LogP contribution in [0, 0.1) is 5.82 Å². The third-order valence-corrected chi connectivity index (χ3v) is 3.31. The Labute approximate surface area is 142 Å². The van der Waals surface area contributed by atoms with Crippen molar-refractivity contribution in [2.24, 2.45) is 11.5 Å². The number of carbonyl (C=O) groups excluding carboxylic acids is 3. The predicted molar refractivity (Wildman–Crippen MR) is 86.6 cm³/mol. The van der Waals surface area contributed by atoms with Crippen LogP contribution in [0.5, 0.6) is 0 Å². The molecule has 3 amide bonds. The zero-order valence-corrected chi connectivity index (χ0v) is 13.1. The summed E-state index contributed by atoms with van der Waals surface area (Å²) in [6.45, 7) is 0.212. The normalized spacial score (nSPS) is 11.4. The highest BCUT2D eigenvalue weighted by atomic mass is 19.1. The van der Waals surface area contributed by atoms with Crippen molar-refractivity contribution in [2.45, 2.75) is 12.6 Å². The Bertz CT molecular complexity index is 775. The molecular formula is C17H16FN3O4. The number of esters is 1. The van der Waals surface area contributed by atoms with E-state index in [1.165, 1.54) is 24.3 Å². The molecule has 25 heavy (non-hydrogen) atoms. The lowest BCUT2D eigenvalue weighted by molar-refractivity contribution is -0.127. The van der Waals surface area contributed by atoms with Crippen molar-refractivity contribution in [3.05, 3.63) is 71.0 Å². The summed E-state index contributed by atoms with van der Waals surface area (Å²) in [4.78, 5) is 34.4. The molecule has 1 atom stereocenters. The van der Waals surface area contributed by atoms with Gasteiger partial charge in [0.2, 0.25) is 6.10 Å². The van der Waals surface area contributed by atoms with Gasteiger partial charge in [-0.15, -0.1) is 0 Å². The number of primary amides is 2. The lowest BCUT2D eigenvalue weighted by Gasteiger charge is -2.15. The third-order valence-electron chi connectivity index (χ3n) is 3.31. The minimum atomic E-state index is -1.33. The van der Waals surface area contributed by atoms with Crippen molar-refractivity contribution in [3.63, 3.8) is 0 Å². The molecule has 0 heterocycles. The van der Waals surface area contributed by atoms with Crippen LogP contribution in [0.4, 0.5) is 9.18 Å². The van der Waals surface area contributed by atoms with E-state index in [9.17, 15) is 18.8 Å². The van der Waals surface area contributed by atoms with E-state index in [0.29, 0.717) is 0 Å². The fourth-order valence-electron chi connectivity index (χ4n) is 2.05. The van der Waals surface area contributed by atoms with Crippen molar-refractivity contribution in [1.29, 1.82) is 0 Å².